The van der Waals surface area contributed by atoms with Gasteiger partial charge in [-0.05, 0) is 48.1 Å². The highest BCUT2D eigenvalue weighted by Gasteiger charge is 2.21. The Morgan fingerprint density at radius 1 is 1.05 bits per heavy atom. The number of benzene rings is 2. The van der Waals surface area contributed by atoms with Crippen LogP contribution in [0.25, 0.3) is 0 Å². The SMILES string of the molecule is CC1Cc2ccccc2N(Cc2ccccc2CCN)C1. The van der Waals surface area contributed by atoms with E-state index in [9.17, 15) is 0 Å². The van der Waals surface area contributed by atoms with Crippen molar-refractivity contribution in [2.24, 2.45) is 11.7 Å². The largest absolute Gasteiger partial charge is 0.367 e. The predicted molar refractivity (Wildman–Crippen MR) is 89.6 cm³/mol. The average Bonchev–Trinajstić information content (AvgIpc) is 2.49. The lowest BCUT2D eigenvalue weighted by atomic mass is 9.93. The first-order valence-electron chi connectivity index (χ1n) is 7.87. The maximum absolute atomic E-state index is 5.75. The van der Waals surface area contributed by atoms with Gasteiger partial charge in [-0.3, -0.25) is 0 Å². The molecular formula is C19H24N2. The Morgan fingerprint density at radius 2 is 1.76 bits per heavy atom. The number of nitrogens with two attached hydrogens (primary N) is 1. The molecule has 21 heavy (non-hydrogen) atoms. The van der Waals surface area contributed by atoms with E-state index < -0.39 is 0 Å². The van der Waals surface area contributed by atoms with E-state index in [1.54, 1.807) is 0 Å². The summed E-state index contributed by atoms with van der Waals surface area (Å²) in [5.74, 6) is 0.710. The van der Waals surface area contributed by atoms with Crippen molar-refractivity contribution in [2.45, 2.75) is 26.3 Å². The van der Waals surface area contributed by atoms with E-state index in [-0.39, 0.29) is 0 Å². The molecule has 1 heterocycles. The summed E-state index contributed by atoms with van der Waals surface area (Å²) in [6, 6.07) is 17.5. The van der Waals surface area contributed by atoms with Gasteiger partial charge < -0.3 is 10.6 Å². The highest BCUT2D eigenvalue weighted by molar-refractivity contribution is 5.56. The Balaban J connectivity index is 1.88. The molecule has 1 atom stereocenters. The first-order valence-corrected chi connectivity index (χ1v) is 7.87. The molecule has 2 aromatic carbocycles. The minimum atomic E-state index is 0.710. The highest BCUT2D eigenvalue weighted by atomic mass is 15.1. The molecule has 0 spiro atoms. The maximum Gasteiger partial charge on any atom is 0.0432 e. The zero-order chi connectivity index (χ0) is 14.7. The number of hydrogen-bond donors (Lipinski definition) is 1. The van der Waals surface area contributed by atoms with Crippen molar-refractivity contribution in [2.75, 3.05) is 18.0 Å². The Labute approximate surface area is 127 Å². The topological polar surface area (TPSA) is 29.3 Å². The van der Waals surface area contributed by atoms with Crippen LogP contribution in [0.5, 0.6) is 0 Å². The summed E-state index contributed by atoms with van der Waals surface area (Å²) in [5.41, 5.74) is 11.4. The summed E-state index contributed by atoms with van der Waals surface area (Å²) in [6.45, 7) is 5.17. The quantitative estimate of drug-likeness (QED) is 0.930. The average molecular weight is 280 g/mol. The number of para-hydroxylation sites is 1. The fourth-order valence-corrected chi connectivity index (χ4v) is 3.37. The molecule has 0 aromatic heterocycles. The summed E-state index contributed by atoms with van der Waals surface area (Å²) in [6.07, 6.45) is 2.15. The highest BCUT2D eigenvalue weighted by Crippen LogP contribution is 2.31. The lowest BCUT2D eigenvalue weighted by molar-refractivity contribution is 0.530. The van der Waals surface area contributed by atoms with Gasteiger partial charge in [-0.25, -0.2) is 0 Å². The van der Waals surface area contributed by atoms with Crippen LogP contribution in [0.15, 0.2) is 48.5 Å². The van der Waals surface area contributed by atoms with Gasteiger partial charge in [0.25, 0.3) is 0 Å². The van der Waals surface area contributed by atoms with Crippen molar-refractivity contribution < 1.29 is 0 Å². The number of rotatable bonds is 4. The van der Waals surface area contributed by atoms with Crippen LogP contribution in [0.2, 0.25) is 0 Å². The molecule has 2 N–H and O–H groups in total. The van der Waals surface area contributed by atoms with Gasteiger partial charge >= 0.3 is 0 Å². The van der Waals surface area contributed by atoms with Crippen LogP contribution in [0.1, 0.15) is 23.6 Å². The van der Waals surface area contributed by atoms with E-state index in [1.165, 1.54) is 28.8 Å². The molecule has 1 aliphatic heterocycles. The van der Waals surface area contributed by atoms with Crippen LogP contribution in [0.4, 0.5) is 5.69 Å². The standard InChI is InChI=1S/C19H24N2/c1-15-12-17-7-4-5-9-19(17)21(13-15)14-18-8-3-2-6-16(18)10-11-20/h2-9,15H,10-14,20H2,1H3. The summed E-state index contributed by atoms with van der Waals surface area (Å²) >= 11 is 0. The van der Waals surface area contributed by atoms with E-state index in [0.717, 1.165) is 19.5 Å². The molecule has 110 valence electrons. The van der Waals surface area contributed by atoms with E-state index >= 15 is 0 Å². The Morgan fingerprint density at radius 3 is 2.57 bits per heavy atom. The van der Waals surface area contributed by atoms with Crippen molar-refractivity contribution in [1.82, 2.24) is 0 Å². The van der Waals surface area contributed by atoms with Crippen molar-refractivity contribution >= 4 is 5.69 Å². The van der Waals surface area contributed by atoms with Gasteiger partial charge in [0, 0.05) is 18.8 Å². The lowest BCUT2D eigenvalue weighted by Crippen LogP contribution is -2.34. The van der Waals surface area contributed by atoms with Crippen LogP contribution in [-0.2, 0) is 19.4 Å². The third-order valence-electron chi connectivity index (χ3n) is 4.33. The van der Waals surface area contributed by atoms with Crippen molar-refractivity contribution in [1.29, 1.82) is 0 Å². The molecule has 1 aliphatic rings. The van der Waals surface area contributed by atoms with Gasteiger partial charge in [0.2, 0.25) is 0 Å². The zero-order valence-electron chi connectivity index (χ0n) is 12.8. The third kappa shape index (κ3) is 3.11. The van der Waals surface area contributed by atoms with Crippen LogP contribution >= 0.6 is 0 Å². The minimum absolute atomic E-state index is 0.710. The molecule has 0 fully saturated rings. The molecule has 0 aliphatic carbocycles. The fraction of sp³-hybridized carbons (Fsp3) is 0.368. The van der Waals surface area contributed by atoms with Gasteiger partial charge in [-0.15, -0.1) is 0 Å². The van der Waals surface area contributed by atoms with E-state index in [0.29, 0.717) is 12.5 Å². The van der Waals surface area contributed by atoms with Crippen LogP contribution < -0.4 is 10.6 Å². The molecule has 0 amide bonds. The molecule has 3 rings (SSSR count). The fourth-order valence-electron chi connectivity index (χ4n) is 3.37. The molecule has 1 unspecified atom stereocenters. The van der Waals surface area contributed by atoms with Gasteiger partial charge in [0.05, 0.1) is 0 Å². The first kappa shape index (κ1) is 14.2. The molecular weight excluding hydrogens is 256 g/mol. The van der Waals surface area contributed by atoms with Gasteiger partial charge in [0.1, 0.15) is 0 Å². The molecule has 2 aromatic rings. The summed E-state index contributed by atoms with van der Waals surface area (Å²) < 4.78 is 0. The summed E-state index contributed by atoms with van der Waals surface area (Å²) in [5, 5.41) is 0. The zero-order valence-corrected chi connectivity index (χ0v) is 12.8. The van der Waals surface area contributed by atoms with Gasteiger partial charge in [0.15, 0.2) is 0 Å². The Bertz CT molecular complexity index is 606. The minimum Gasteiger partial charge on any atom is -0.367 e. The monoisotopic (exact) mass is 280 g/mol. The number of nitrogens with zero attached hydrogens (tertiary/aromatic N) is 1. The van der Waals surface area contributed by atoms with E-state index in [4.69, 9.17) is 5.73 Å². The molecule has 0 radical (unpaired) electrons. The molecule has 2 heteroatoms. The Kier molecular flexibility index (Phi) is 4.26. The smallest absolute Gasteiger partial charge is 0.0432 e. The van der Waals surface area contributed by atoms with Crippen LogP contribution in [0, 0.1) is 5.92 Å². The van der Waals surface area contributed by atoms with Crippen molar-refractivity contribution in [3.63, 3.8) is 0 Å². The molecule has 0 bridgehead atoms. The molecule has 0 saturated carbocycles. The van der Waals surface area contributed by atoms with E-state index in [1.807, 2.05) is 0 Å². The second-order valence-electron chi connectivity index (χ2n) is 6.13. The second-order valence-corrected chi connectivity index (χ2v) is 6.13. The van der Waals surface area contributed by atoms with Gasteiger partial charge in [-0.1, -0.05) is 49.4 Å². The third-order valence-corrected chi connectivity index (χ3v) is 4.33. The molecule has 0 saturated heterocycles. The number of fused-ring (bicyclic) bond motifs is 1. The predicted octanol–water partition coefficient (Wildman–Crippen LogP) is 3.39. The van der Waals surface area contributed by atoms with E-state index in [2.05, 4.69) is 60.4 Å². The van der Waals surface area contributed by atoms with Gasteiger partial charge in [-0.2, -0.15) is 0 Å². The summed E-state index contributed by atoms with van der Waals surface area (Å²) in [4.78, 5) is 2.53. The van der Waals surface area contributed by atoms with Crippen LogP contribution in [-0.4, -0.2) is 13.1 Å². The lowest BCUT2D eigenvalue weighted by Gasteiger charge is -2.35. The van der Waals surface area contributed by atoms with Crippen LogP contribution in [0.3, 0.4) is 0 Å². The maximum atomic E-state index is 5.75. The normalized spacial score (nSPS) is 17.6. The summed E-state index contributed by atoms with van der Waals surface area (Å²) in [7, 11) is 0. The number of hydrogen-bond acceptors (Lipinski definition) is 2. The second kappa shape index (κ2) is 6.31. The van der Waals surface area contributed by atoms with Crippen molar-refractivity contribution in [3.8, 4) is 0 Å². The Hall–Kier alpha value is -1.80. The first-order chi connectivity index (χ1) is 10.3. The molecule has 2 nitrogen and oxygen atoms in total. The number of anilines is 1. The van der Waals surface area contributed by atoms with Crippen molar-refractivity contribution in [3.05, 3.63) is 65.2 Å².